The summed E-state index contributed by atoms with van der Waals surface area (Å²) >= 11 is 0. The van der Waals surface area contributed by atoms with Crippen LogP contribution in [0.3, 0.4) is 0 Å². The summed E-state index contributed by atoms with van der Waals surface area (Å²) in [4.78, 5) is 12.1. The van der Waals surface area contributed by atoms with Crippen molar-refractivity contribution in [1.29, 1.82) is 0 Å². The van der Waals surface area contributed by atoms with Crippen molar-refractivity contribution in [2.75, 3.05) is 14.1 Å². The number of hydrogen-bond acceptors (Lipinski definition) is 2. The Morgan fingerprint density at radius 1 is 0.529 bits per heavy atom. The minimum absolute atomic E-state index is 0.0558. The van der Waals surface area contributed by atoms with Crippen LogP contribution in [0.2, 0.25) is 0 Å². The lowest BCUT2D eigenvalue weighted by atomic mass is 9.13. The van der Waals surface area contributed by atoms with Gasteiger partial charge < -0.3 is 4.74 Å². The van der Waals surface area contributed by atoms with E-state index < -0.39 is 6.15 Å². The molecule has 0 bridgehead atoms. The van der Waals surface area contributed by atoms with Gasteiger partial charge in [0.1, 0.15) is 12.7 Å². The Bertz CT molecular complexity index is 1480. The van der Waals surface area contributed by atoms with E-state index in [9.17, 15) is 4.79 Å². The highest BCUT2D eigenvalue weighted by Gasteiger charge is 2.31. The topological polar surface area (TPSA) is 26.3 Å². The van der Waals surface area contributed by atoms with Gasteiger partial charge in [0.25, 0.3) is 0 Å². The van der Waals surface area contributed by atoms with Gasteiger partial charge in [-0.3, -0.25) is 9.28 Å². The first kappa shape index (κ1) is 39.4. The number of benzene rings is 5. The first-order valence-electron chi connectivity index (χ1n) is 19.3. The maximum Gasteiger partial charge on any atom is 0.310 e. The number of carbonyl (C=O) groups excluding carboxylic acids is 1. The molecule has 0 saturated carbocycles. The molecule has 1 unspecified atom stereocenters. The first-order valence-corrected chi connectivity index (χ1v) is 19.3. The standard InChI is InChI=1S/C24H20B.C23H40NO2/c1-5-13-21(14-6-1)25(22-15-7-2-8-16-22,23-17-9-3-10-18-23)24-19-11-4-12-20-24;1-5-6-7-8-9-10-11-12-16-19-23(25)26-21(2)24(3,4)20-22-17-14-13-15-18-22/h1-20H;13-15,17-18,21H,5-12,16,19-20H2,1-4H3/q-1;+1. The Hall–Kier alpha value is -4.41. The summed E-state index contributed by atoms with van der Waals surface area (Å²) < 4.78 is 6.34. The zero-order valence-electron chi connectivity index (χ0n) is 31.6. The molecular formula is C47H60BNO2. The van der Waals surface area contributed by atoms with Crippen LogP contribution in [0, 0.1) is 0 Å². The molecule has 0 aliphatic carbocycles. The highest BCUT2D eigenvalue weighted by Crippen LogP contribution is 2.17. The molecule has 5 rings (SSSR count). The van der Waals surface area contributed by atoms with E-state index in [1.165, 1.54) is 72.4 Å². The molecule has 0 spiro atoms. The van der Waals surface area contributed by atoms with Crippen molar-refractivity contribution in [2.24, 2.45) is 0 Å². The van der Waals surface area contributed by atoms with Crippen LogP contribution in [0.15, 0.2) is 152 Å². The van der Waals surface area contributed by atoms with Gasteiger partial charge in [-0.15, -0.1) is 0 Å². The molecule has 51 heavy (non-hydrogen) atoms. The minimum Gasteiger partial charge on any atom is -0.413 e. The third-order valence-electron chi connectivity index (χ3n) is 10.4. The van der Waals surface area contributed by atoms with Crippen molar-refractivity contribution in [3.63, 3.8) is 0 Å². The summed E-state index contributed by atoms with van der Waals surface area (Å²) in [5.41, 5.74) is 6.62. The smallest absolute Gasteiger partial charge is 0.310 e. The van der Waals surface area contributed by atoms with Gasteiger partial charge in [0.2, 0.25) is 6.23 Å². The van der Waals surface area contributed by atoms with E-state index in [-0.39, 0.29) is 12.2 Å². The zero-order chi connectivity index (χ0) is 36.2. The number of carbonyl (C=O) groups is 1. The molecule has 1 atom stereocenters. The van der Waals surface area contributed by atoms with Crippen LogP contribution in [0.5, 0.6) is 0 Å². The monoisotopic (exact) mass is 681 g/mol. The van der Waals surface area contributed by atoms with Crippen LogP contribution >= 0.6 is 0 Å². The van der Waals surface area contributed by atoms with Gasteiger partial charge in [-0.2, -0.15) is 21.9 Å². The fourth-order valence-electron chi connectivity index (χ4n) is 7.28. The fraction of sp³-hybridized carbons (Fsp3) is 0.340. The molecule has 0 fully saturated rings. The maximum absolute atomic E-state index is 12.1. The normalized spacial score (nSPS) is 12.0. The van der Waals surface area contributed by atoms with Crippen LogP contribution in [0.4, 0.5) is 0 Å². The molecule has 0 radical (unpaired) electrons. The van der Waals surface area contributed by atoms with Crippen molar-refractivity contribution in [1.82, 2.24) is 0 Å². The molecule has 0 saturated heterocycles. The summed E-state index contributed by atoms with van der Waals surface area (Å²) in [7, 11) is 4.23. The summed E-state index contributed by atoms with van der Waals surface area (Å²) in [6.07, 6.45) is 10.6. The van der Waals surface area contributed by atoms with Crippen LogP contribution in [-0.4, -0.2) is 36.9 Å². The zero-order valence-corrected chi connectivity index (χ0v) is 31.6. The molecule has 0 aromatic heterocycles. The third-order valence-corrected chi connectivity index (χ3v) is 10.4. The molecule has 0 aliphatic rings. The first-order chi connectivity index (χ1) is 24.9. The van der Waals surface area contributed by atoms with Gasteiger partial charge in [-0.25, -0.2) is 0 Å². The Morgan fingerprint density at radius 3 is 1.24 bits per heavy atom. The van der Waals surface area contributed by atoms with E-state index in [0.29, 0.717) is 10.9 Å². The van der Waals surface area contributed by atoms with Crippen molar-refractivity contribution in [3.05, 3.63) is 157 Å². The lowest BCUT2D eigenvalue weighted by Gasteiger charge is -2.44. The van der Waals surface area contributed by atoms with Crippen LogP contribution in [0.25, 0.3) is 0 Å². The second-order valence-electron chi connectivity index (χ2n) is 14.6. The lowest BCUT2D eigenvalue weighted by Crippen LogP contribution is -2.74. The Labute approximate surface area is 309 Å². The lowest BCUT2D eigenvalue weighted by molar-refractivity contribution is -0.945. The second-order valence-corrected chi connectivity index (χ2v) is 14.6. The summed E-state index contributed by atoms with van der Waals surface area (Å²) in [5, 5.41) is 0. The molecule has 5 aromatic rings. The molecular weight excluding hydrogens is 621 g/mol. The SMILES string of the molecule is CCCCCCCCCCCC(=O)OC(C)[N+](C)(C)Cc1ccccc1.c1ccc([B-](c2ccccc2)(c2ccccc2)c2ccccc2)cc1. The van der Waals surface area contributed by atoms with Crippen molar-refractivity contribution in [2.45, 2.75) is 90.8 Å². The number of nitrogens with zero attached hydrogens (tertiary/aromatic N) is 1. The molecule has 0 aliphatic heterocycles. The summed E-state index contributed by atoms with van der Waals surface area (Å²) in [6.45, 7) is 5.10. The summed E-state index contributed by atoms with van der Waals surface area (Å²) in [5.74, 6) is -0.0558. The van der Waals surface area contributed by atoms with Gasteiger partial charge in [0.05, 0.1) is 14.1 Å². The predicted octanol–water partition coefficient (Wildman–Crippen LogP) is 9.14. The minimum atomic E-state index is -1.22. The largest absolute Gasteiger partial charge is 0.413 e. The van der Waals surface area contributed by atoms with Gasteiger partial charge >= 0.3 is 5.97 Å². The molecule has 4 heteroatoms. The number of hydrogen-bond donors (Lipinski definition) is 0. The van der Waals surface area contributed by atoms with Crippen LogP contribution < -0.4 is 21.9 Å². The molecule has 5 aromatic carbocycles. The highest BCUT2D eigenvalue weighted by atomic mass is 16.6. The van der Waals surface area contributed by atoms with Gasteiger partial charge in [0, 0.05) is 18.9 Å². The van der Waals surface area contributed by atoms with E-state index in [4.69, 9.17) is 4.74 Å². The molecule has 0 N–H and O–H groups in total. The van der Waals surface area contributed by atoms with Crippen molar-refractivity contribution in [3.8, 4) is 0 Å². The fourth-order valence-corrected chi connectivity index (χ4v) is 7.28. The number of rotatable bonds is 18. The van der Waals surface area contributed by atoms with E-state index in [2.05, 4.69) is 167 Å². The van der Waals surface area contributed by atoms with E-state index in [1.54, 1.807) is 0 Å². The van der Waals surface area contributed by atoms with Crippen LogP contribution in [-0.2, 0) is 16.1 Å². The van der Waals surface area contributed by atoms with Crippen molar-refractivity contribution < 1.29 is 14.0 Å². The number of unbranched alkanes of at least 4 members (excludes halogenated alkanes) is 8. The maximum atomic E-state index is 12.1. The van der Waals surface area contributed by atoms with Crippen molar-refractivity contribution >= 4 is 34.0 Å². The van der Waals surface area contributed by atoms with E-state index >= 15 is 0 Å². The average Bonchev–Trinajstić information content (AvgIpc) is 3.17. The number of esters is 1. The highest BCUT2D eigenvalue weighted by molar-refractivity contribution is 7.19. The van der Waals surface area contributed by atoms with Gasteiger partial charge in [0.15, 0.2) is 0 Å². The van der Waals surface area contributed by atoms with E-state index in [1.807, 2.05) is 13.0 Å². The van der Waals surface area contributed by atoms with Gasteiger partial charge in [-0.1, -0.05) is 210 Å². The van der Waals surface area contributed by atoms with E-state index in [0.717, 1.165) is 19.4 Å². The molecule has 268 valence electrons. The quantitative estimate of drug-likeness (QED) is 0.0303. The molecule has 3 nitrogen and oxygen atoms in total. The number of ether oxygens (including phenoxy) is 1. The second kappa shape index (κ2) is 21.1. The average molecular weight is 682 g/mol. The molecule has 0 heterocycles. The summed E-state index contributed by atoms with van der Waals surface area (Å²) in [6, 6.07) is 53.9. The van der Waals surface area contributed by atoms with Gasteiger partial charge in [-0.05, 0) is 6.42 Å². The Balaban J connectivity index is 0.000000229. The number of quaternary nitrogens is 1. The third kappa shape index (κ3) is 11.8. The van der Waals surface area contributed by atoms with Crippen LogP contribution in [0.1, 0.15) is 83.6 Å². The molecule has 0 amide bonds. The Kier molecular flexibility index (Phi) is 16.3. The predicted molar refractivity (Wildman–Crippen MR) is 220 cm³/mol. The Morgan fingerprint density at radius 2 is 0.863 bits per heavy atom.